The van der Waals surface area contributed by atoms with Gasteiger partial charge in [0.05, 0.1) is 26.4 Å². The molecule has 0 bridgehead atoms. The number of hydrogen-bond donors (Lipinski definition) is 3. The summed E-state index contributed by atoms with van der Waals surface area (Å²) in [7, 11) is -9.92. The Labute approximate surface area is 600 Å². The monoisotopic (exact) mass is 1440 g/mol. The normalized spacial score (nSPS) is 14.6. The van der Waals surface area contributed by atoms with Crippen molar-refractivity contribution in [2.75, 3.05) is 39.6 Å². The van der Waals surface area contributed by atoms with E-state index in [9.17, 15) is 43.2 Å². The first-order valence-electron chi connectivity index (χ1n) is 40.8. The lowest BCUT2D eigenvalue weighted by Gasteiger charge is -2.21. The zero-order chi connectivity index (χ0) is 72.4. The molecule has 0 aromatic carbocycles. The maximum Gasteiger partial charge on any atom is 0.472 e. The molecule has 0 saturated carbocycles. The van der Waals surface area contributed by atoms with E-state index in [0.29, 0.717) is 31.6 Å². The molecule has 0 spiro atoms. The third-order valence-electron chi connectivity index (χ3n) is 19.0. The van der Waals surface area contributed by atoms with E-state index in [4.69, 9.17) is 37.0 Å². The molecule has 0 radical (unpaired) electrons. The smallest absolute Gasteiger partial charge is 0.462 e. The third kappa shape index (κ3) is 69.8. The minimum atomic E-state index is -4.96. The van der Waals surface area contributed by atoms with Crippen molar-refractivity contribution in [2.45, 2.75) is 420 Å². The first kappa shape index (κ1) is 96.1. The Kier molecular flexibility index (Phi) is 66.8. The fourth-order valence-electron chi connectivity index (χ4n) is 12.0. The van der Waals surface area contributed by atoms with Crippen LogP contribution in [0.5, 0.6) is 0 Å². The number of phosphoric acid groups is 2. The van der Waals surface area contributed by atoms with Crippen LogP contribution in [-0.2, 0) is 65.4 Å². The second kappa shape index (κ2) is 68.2. The topological polar surface area (TPSA) is 237 Å². The molecule has 0 aliphatic carbocycles. The average Bonchev–Trinajstić information content (AvgIpc) is 1.03. The van der Waals surface area contributed by atoms with Crippen LogP contribution in [0.1, 0.15) is 402 Å². The summed E-state index contributed by atoms with van der Waals surface area (Å²) >= 11 is 0. The van der Waals surface area contributed by atoms with E-state index in [0.717, 1.165) is 114 Å². The number of carbonyl (C=O) groups excluding carboxylic acids is 4. The highest BCUT2D eigenvalue weighted by Gasteiger charge is 2.30. The predicted octanol–water partition coefficient (Wildman–Crippen LogP) is 23.2. The zero-order valence-corrected chi connectivity index (χ0v) is 66.2. The van der Waals surface area contributed by atoms with Crippen LogP contribution in [0.3, 0.4) is 0 Å². The summed E-state index contributed by atoms with van der Waals surface area (Å²) < 4.78 is 68.6. The Morgan fingerprint density at radius 1 is 0.286 bits per heavy atom. The summed E-state index contributed by atoms with van der Waals surface area (Å²) in [4.78, 5) is 72.9. The van der Waals surface area contributed by atoms with Crippen LogP contribution in [-0.4, -0.2) is 96.7 Å². The highest BCUT2D eigenvalue weighted by Crippen LogP contribution is 2.45. The van der Waals surface area contributed by atoms with Crippen LogP contribution in [0.15, 0.2) is 0 Å². The molecule has 19 heteroatoms. The van der Waals surface area contributed by atoms with Crippen molar-refractivity contribution in [1.29, 1.82) is 0 Å². The number of aliphatic hydroxyl groups is 1. The molecular formula is C79H154O17P2. The summed E-state index contributed by atoms with van der Waals surface area (Å²) in [6.07, 6.45) is 54.2. The fraction of sp³-hybridized carbons (Fsp3) is 0.949. The summed E-state index contributed by atoms with van der Waals surface area (Å²) in [5.74, 6) is 0.993. The molecule has 0 aromatic rings. The molecule has 0 amide bonds. The van der Waals surface area contributed by atoms with Gasteiger partial charge in [-0.05, 0) is 49.4 Å². The Balaban J connectivity index is 5.17. The molecule has 0 aliphatic heterocycles. The molecule has 0 aromatic heterocycles. The van der Waals surface area contributed by atoms with Gasteiger partial charge in [0, 0.05) is 25.7 Å². The molecule has 3 N–H and O–H groups in total. The summed E-state index contributed by atoms with van der Waals surface area (Å²) in [5.41, 5.74) is 0. The first-order chi connectivity index (χ1) is 47.2. The van der Waals surface area contributed by atoms with Gasteiger partial charge in [0.15, 0.2) is 12.2 Å². The molecule has 5 unspecified atom stereocenters. The standard InChI is InChI=1S/C79H154O17P2/c1-9-71(7)57-49-41-33-25-21-17-15-13-11-12-14-16-18-22-26-35-43-51-59-76(81)89-65-74(96-79(84)62-54-46-37-29-28-34-42-50-58-72(8)10-2)67-93-97(85,86)91-63-73(80)64-92-98(87,88)94-68-75(66-90-77(82)60-52-44-38-30-32-40-48-56-70(5)6)95-78(83)61-53-45-36-27-23-19-20-24-31-39-47-55-69(3)4/h69-75,80H,9-68H2,1-8H3,(H,85,86)(H,87,88)/t71?,72?,73?,74-,75-/m1/s1. The van der Waals surface area contributed by atoms with Crippen molar-refractivity contribution >= 4 is 39.5 Å². The number of rotatable bonds is 76. The minimum absolute atomic E-state index is 0.105. The minimum Gasteiger partial charge on any atom is -0.462 e. The Bertz CT molecular complexity index is 1920. The maximum absolute atomic E-state index is 13.1. The van der Waals surface area contributed by atoms with Gasteiger partial charge in [0.2, 0.25) is 0 Å². The van der Waals surface area contributed by atoms with E-state index < -0.39 is 97.5 Å². The van der Waals surface area contributed by atoms with E-state index in [1.54, 1.807) is 0 Å². The molecule has 0 aliphatic rings. The highest BCUT2D eigenvalue weighted by molar-refractivity contribution is 7.47. The van der Waals surface area contributed by atoms with Crippen molar-refractivity contribution < 1.29 is 80.2 Å². The number of esters is 4. The average molecular weight is 1440 g/mol. The number of ether oxygens (including phenoxy) is 4. The number of hydrogen-bond acceptors (Lipinski definition) is 15. The summed E-state index contributed by atoms with van der Waals surface area (Å²) in [6, 6.07) is 0. The number of unbranched alkanes of at least 4 members (excludes halogenated alkanes) is 40. The Morgan fingerprint density at radius 2 is 0.490 bits per heavy atom. The lowest BCUT2D eigenvalue weighted by Crippen LogP contribution is -2.30. The van der Waals surface area contributed by atoms with Crippen molar-refractivity contribution in [3.8, 4) is 0 Å². The molecule has 0 saturated heterocycles. The van der Waals surface area contributed by atoms with Gasteiger partial charge in [-0.3, -0.25) is 37.3 Å². The zero-order valence-electron chi connectivity index (χ0n) is 64.4. The summed E-state index contributed by atoms with van der Waals surface area (Å²) in [6.45, 7) is 14.2. The lowest BCUT2D eigenvalue weighted by molar-refractivity contribution is -0.161. The molecular weight excluding hydrogens is 1280 g/mol. The quantitative estimate of drug-likeness (QED) is 0.0222. The first-order valence-corrected chi connectivity index (χ1v) is 43.8. The van der Waals surface area contributed by atoms with Crippen LogP contribution in [0.25, 0.3) is 0 Å². The van der Waals surface area contributed by atoms with E-state index in [2.05, 4.69) is 55.4 Å². The van der Waals surface area contributed by atoms with Crippen LogP contribution in [0.2, 0.25) is 0 Å². The van der Waals surface area contributed by atoms with Crippen molar-refractivity contribution in [3.63, 3.8) is 0 Å². The van der Waals surface area contributed by atoms with Gasteiger partial charge in [0.1, 0.15) is 19.3 Å². The van der Waals surface area contributed by atoms with Gasteiger partial charge in [-0.25, -0.2) is 9.13 Å². The number of phosphoric ester groups is 2. The molecule has 17 nitrogen and oxygen atoms in total. The summed E-state index contributed by atoms with van der Waals surface area (Å²) in [5, 5.41) is 10.6. The van der Waals surface area contributed by atoms with Crippen LogP contribution in [0.4, 0.5) is 0 Å². The molecule has 582 valence electrons. The fourth-order valence-corrected chi connectivity index (χ4v) is 13.6. The second-order valence-electron chi connectivity index (χ2n) is 29.9. The molecule has 0 fully saturated rings. The van der Waals surface area contributed by atoms with E-state index >= 15 is 0 Å². The van der Waals surface area contributed by atoms with Crippen molar-refractivity contribution in [3.05, 3.63) is 0 Å². The number of aliphatic hydroxyl groups excluding tert-OH is 1. The van der Waals surface area contributed by atoms with E-state index in [1.807, 2.05) is 0 Å². The van der Waals surface area contributed by atoms with Gasteiger partial charge >= 0.3 is 39.5 Å². The van der Waals surface area contributed by atoms with Crippen LogP contribution < -0.4 is 0 Å². The lowest BCUT2D eigenvalue weighted by atomic mass is 9.99. The van der Waals surface area contributed by atoms with Gasteiger partial charge in [-0.2, -0.15) is 0 Å². The van der Waals surface area contributed by atoms with E-state index in [-0.39, 0.29) is 25.7 Å². The molecule has 7 atom stereocenters. The number of carbonyl (C=O) groups is 4. The predicted molar refractivity (Wildman–Crippen MR) is 400 cm³/mol. The Hall–Kier alpha value is -1.94. The van der Waals surface area contributed by atoms with Gasteiger partial charge in [-0.15, -0.1) is 0 Å². The van der Waals surface area contributed by atoms with Crippen LogP contribution in [0, 0.1) is 23.7 Å². The Morgan fingerprint density at radius 3 is 0.724 bits per heavy atom. The largest absolute Gasteiger partial charge is 0.472 e. The van der Waals surface area contributed by atoms with Crippen LogP contribution >= 0.6 is 15.6 Å². The highest BCUT2D eigenvalue weighted by atomic mass is 31.2. The molecule has 98 heavy (non-hydrogen) atoms. The second-order valence-corrected chi connectivity index (χ2v) is 32.8. The SMILES string of the molecule is CCC(C)CCCCCCCCCCCCCCCCCCCCC(=O)OC[C@H](COP(=O)(O)OCC(O)COP(=O)(O)OC[C@@H](COC(=O)CCCCCCCCCC(C)C)OC(=O)CCCCCCCCCCCCCC(C)C)OC(=O)CCCCCCCCCCC(C)CC. The van der Waals surface area contributed by atoms with Crippen molar-refractivity contribution in [1.82, 2.24) is 0 Å². The van der Waals surface area contributed by atoms with Gasteiger partial charge in [-0.1, -0.05) is 351 Å². The van der Waals surface area contributed by atoms with Crippen molar-refractivity contribution in [2.24, 2.45) is 23.7 Å². The molecule has 0 rings (SSSR count). The maximum atomic E-state index is 13.1. The third-order valence-corrected chi connectivity index (χ3v) is 20.9. The molecule has 0 heterocycles. The van der Waals surface area contributed by atoms with Gasteiger partial charge in [0.25, 0.3) is 0 Å². The van der Waals surface area contributed by atoms with E-state index in [1.165, 1.54) is 199 Å². The van der Waals surface area contributed by atoms with Gasteiger partial charge < -0.3 is 33.8 Å².